The van der Waals surface area contributed by atoms with Gasteiger partial charge in [-0.1, -0.05) is 48.0 Å². The quantitative estimate of drug-likeness (QED) is 0.369. The molecule has 0 fully saturated rings. The number of rotatable bonds is 6. The number of nitrogens with one attached hydrogen (secondary N) is 2. The molecule has 0 spiro atoms. The number of imidazole rings is 1. The largest absolute Gasteiger partial charge is 0.329 e. The molecule has 0 aliphatic carbocycles. The van der Waals surface area contributed by atoms with Gasteiger partial charge in [-0.05, 0) is 31.6 Å². The summed E-state index contributed by atoms with van der Waals surface area (Å²) in [6.45, 7) is 7.90. The van der Waals surface area contributed by atoms with Crippen molar-refractivity contribution in [2.75, 3.05) is 5.43 Å². The Hall–Kier alpha value is -3.39. The molecule has 2 aromatic heterocycles. The van der Waals surface area contributed by atoms with Gasteiger partial charge in [0, 0.05) is 18.6 Å². The molecule has 0 radical (unpaired) electrons. The summed E-state index contributed by atoms with van der Waals surface area (Å²) in [7, 11) is 1.54. The van der Waals surface area contributed by atoms with E-state index in [9.17, 15) is 9.59 Å². The van der Waals surface area contributed by atoms with Crippen molar-refractivity contribution in [1.82, 2.24) is 19.1 Å². The molecule has 3 aromatic rings. The fourth-order valence-corrected chi connectivity index (χ4v) is 2.94. The maximum Gasteiger partial charge on any atom is 0.329 e. The molecular weight excluding hydrogens is 392 g/mol. The zero-order valence-corrected chi connectivity index (χ0v) is 17.1. The lowest BCUT2D eigenvalue weighted by molar-refractivity contribution is 0.799. The Labute approximate surface area is 171 Å². The fourth-order valence-electron chi connectivity index (χ4n) is 2.74. The number of hydrazone groups is 1. The minimum atomic E-state index is -0.531. The Morgan fingerprint density at radius 2 is 2.07 bits per heavy atom. The Morgan fingerprint density at radius 3 is 2.76 bits per heavy atom. The molecule has 0 saturated heterocycles. The molecule has 0 atom stereocenters. The van der Waals surface area contributed by atoms with Crippen LogP contribution < -0.4 is 16.7 Å². The number of H-pyrrole nitrogens is 1. The van der Waals surface area contributed by atoms with E-state index in [0.29, 0.717) is 23.2 Å². The summed E-state index contributed by atoms with van der Waals surface area (Å²) in [5.41, 5.74) is 4.74. The van der Waals surface area contributed by atoms with Crippen molar-refractivity contribution in [3.63, 3.8) is 0 Å². The number of allylic oxidation sites excluding steroid dienone is 2. The third-order valence-electron chi connectivity index (χ3n) is 4.18. The SMILES string of the molecule is C=C(C)Cn1c(NN=C(C)C=Cc2ccccc2Cl)nc2c1c(=O)[nH]c(=O)n2C. The second-order valence-corrected chi connectivity index (χ2v) is 7.10. The number of hydrogen-bond donors (Lipinski definition) is 2. The summed E-state index contributed by atoms with van der Waals surface area (Å²) in [6, 6.07) is 7.48. The number of aromatic amines is 1. The third-order valence-corrected chi connectivity index (χ3v) is 4.52. The zero-order valence-electron chi connectivity index (χ0n) is 16.4. The van der Waals surface area contributed by atoms with Gasteiger partial charge in [-0.15, -0.1) is 0 Å². The fraction of sp³-hybridized carbons (Fsp3) is 0.200. The predicted molar refractivity (Wildman–Crippen MR) is 118 cm³/mol. The van der Waals surface area contributed by atoms with Gasteiger partial charge in [0.25, 0.3) is 5.56 Å². The van der Waals surface area contributed by atoms with E-state index in [2.05, 4.69) is 27.1 Å². The zero-order chi connectivity index (χ0) is 21.1. The molecule has 8 nitrogen and oxygen atoms in total. The van der Waals surface area contributed by atoms with E-state index in [0.717, 1.165) is 11.1 Å². The molecule has 2 heterocycles. The minimum Gasteiger partial charge on any atom is -0.299 e. The first-order valence-electron chi connectivity index (χ1n) is 8.84. The number of benzene rings is 1. The molecule has 2 N–H and O–H groups in total. The number of nitrogens with zero attached hydrogens (tertiary/aromatic N) is 4. The van der Waals surface area contributed by atoms with Crippen molar-refractivity contribution in [1.29, 1.82) is 0 Å². The first kappa shape index (κ1) is 20.3. The third kappa shape index (κ3) is 4.38. The average Bonchev–Trinajstić information content (AvgIpc) is 3.02. The number of fused-ring (bicyclic) bond motifs is 1. The van der Waals surface area contributed by atoms with Crippen molar-refractivity contribution >= 4 is 40.5 Å². The number of aromatic nitrogens is 4. The molecule has 0 aliphatic rings. The van der Waals surface area contributed by atoms with E-state index in [1.165, 1.54) is 4.57 Å². The van der Waals surface area contributed by atoms with Crippen LogP contribution in [0, 0.1) is 0 Å². The number of hydrogen-bond acceptors (Lipinski definition) is 5. The summed E-state index contributed by atoms with van der Waals surface area (Å²) < 4.78 is 2.93. The maximum absolute atomic E-state index is 12.4. The van der Waals surface area contributed by atoms with Gasteiger partial charge in [0.1, 0.15) is 0 Å². The van der Waals surface area contributed by atoms with Gasteiger partial charge in [-0.2, -0.15) is 10.1 Å². The van der Waals surface area contributed by atoms with Gasteiger partial charge in [-0.25, -0.2) is 10.2 Å². The number of anilines is 1. The van der Waals surface area contributed by atoms with Crippen LogP contribution in [-0.4, -0.2) is 24.8 Å². The smallest absolute Gasteiger partial charge is 0.299 e. The highest BCUT2D eigenvalue weighted by Crippen LogP contribution is 2.18. The van der Waals surface area contributed by atoms with Crippen LogP contribution in [0.1, 0.15) is 19.4 Å². The summed E-state index contributed by atoms with van der Waals surface area (Å²) in [5.74, 6) is 0.334. The van der Waals surface area contributed by atoms with Crippen LogP contribution in [-0.2, 0) is 13.6 Å². The molecule has 0 aliphatic heterocycles. The molecule has 1 aromatic carbocycles. The minimum absolute atomic E-state index is 0.266. The molecule has 9 heteroatoms. The van der Waals surface area contributed by atoms with Gasteiger partial charge in [-0.3, -0.25) is 18.9 Å². The van der Waals surface area contributed by atoms with Crippen LogP contribution in [0.3, 0.4) is 0 Å². The van der Waals surface area contributed by atoms with Crippen LogP contribution in [0.4, 0.5) is 5.95 Å². The Morgan fingerprint density at radius 1 is 1.34 bits per heavy atom. The highest BCUT2D eigenvalue weighted by atomic mass is 35.5. The number of halogens is 1. The Kier molecular flexibility index (Phi) is 5.84. The molecule has 0 amide bonds. The second-order valence-electron chi connectivity index (χ2n) is 6.69. The highest BCUT2D eigenvalue weighted by Gasteiger charge is 2.17. The van der Waals surface area contributed by atoms with Crippen molar-refractivity contribution in [2.24, 2.45) is 12.1 Å². The number of aryl methyl sites for hydroxylation is 1. The molecular formula is C20H21ClN6O2. The van der Waals surface area contributed by atoms with E-state index in [1.807, 2.05) is 50.3 Å². The van der Waals surface area contributed by atoms with Crippen LogP contribution in [0.25, 0.3) is 17.2 Å². The first-order valence-corrected chi connectivity index (χ1v) is 9.22. The summed E-state index contributed by atoms with van der Waals surface area (Å²) in [6.07, 6.45) is 3.66. The Bertz CT molecular complexity index is 1260. The van der Waals surface area contributed by atoms with Crippen LogP contribution in [0.15, 0.2) is 57.2 Å². The first-order chi connectivity index (χ1) is 13.8. The summed E-state index contributed by atoms with van der Waals surface area (Å²) >= 11 is 6.15. The lowest BCUT2D eigenvalue weighted by Crippen LogP contribution is -2.29. The lowest BCUT2D eigenvalue weighted by atomic mass is 10.2. The summed E-state index contributed by atoms with van der Waals surface area (Å²) in [4.78, 5) is 30.9. The predicted octanol–water partition coefficient (Wildman–Crippen LogP) is 3.15. The monoisotopic (exact) mass is 412 g/mol. The van der Waals surface area contributed by atoms with Crippen molar-refractivity contribution < 1.29 is 0 Å². The van der Waals surface area contributed by atoms with Crippen LogP contribution >= 0.6 is 11.6 Å². The molecule has 0 saturated carbocycles. The van der Waals surface area contributed by atoms with Gasteiger partial charge in [0.2, 0.25) is 5.95 Å². The molecule has 0 bridgehead atoms. The Balaban J connectivity index is 1.98. The summed E-state index contributed by atoms with van der Waals surface area (Å²) in [5, 5.41) is 4.95. The normalized spacial score (nSPS) is 12.1. The van der Waals surface area contributed by atoms with E-state index >= 15 is 0 Å². The second kappa shape index (κ2) is 8.32. The topological polar surface area (TPSA) is 97.1 Å². The van der Waals surface area contributed by atoms with Crippen molar-refractivity contribution in [2.45, 2.75) is 20.4 Å². The molecule has 3 rings (SSSR count). The van der Waals surface area contributed by atoms with Gasteiger partial charge in [0.15, 0.2) is 11.2 Å². The van der Waals surface area contributed by atoms with Crippen LogP contribution in [0.5, 0.6) is 0 Å². The van der Waals surface area contributed by atoms with E-state index in [-0.39, 0.29) is 11.2 Å². The average molecular weight is 413 g/mol. The van der Waals surface area contributed by atoms with E-state index in [4.69, 9.17) is 11.6 Å². The standard InChI is InChI=1S/C20H21ClN6O2/c1-12(2)11-27-16-17(26(4)20(29)23-18(16)28)22-19(27)25-24-13(3)9-10-14-7-5-6-8-15(14)21/h5-10H,1,11H2,2-4H3,(H,22,25)(H,23,28,29). The van der Waals surface area contributed by atoms with E-state index in [1.54, 1.807) is 11.6 Å². The highest BCUT2D eigenvalue weighted by molar-refractivity contribution is 6.32. The van der Waals surface area contributed by atoms with Crippen molar-refractivity contribution in [3.05, 3.63) is 73.9 Å². The lowest BCUT2D eigenvalue weighted by Gasteiger charge is -2.07. The molecule has 0 unspecified atom stereocenters. The van der Waals surface area contributed by atoms with E-state index < -0.39 is 11.2 Å². The molecule has 150 valence electrons. The van der Waals surface area contributed by atoms with Gasteiger partial charge >= 0.3 is 5.69 Å². The molecule has 29 heavy (non-hydrogen) atoms. The van der Waals surface area contributed by atoms with Gasteiger partial charge in [0.05, 0.1) is 5.71 Å². The van der Waals surface area contributed by atoms with Gasteiger partial charge < -0.3 is 0 Å². The van der Waals surface area contributed by atoms with Crippen molar-refractivity contribution in [3.8, 4) is 0 Å². The maximum atomic E-state index is 12.4. The van der Waals surface area contributed by atoms with Crippen LogP contribution in [0.2, 0.25) is 5.02 Å².